The molecule has 0 fully saturated rings. The molecule has 0 aliphatic heterocycles. The molecule has 0 radical (unpaired) electrons. The number of carbonyl (C=O) groups is 1. The van der Waals surface area contributed by atoms with E-state index in [9.17, 15) is 13.2 Å². The first kappa shape index (κ1) is 17.8. The number of benzene rings is 3. The van der Waals surface area contributed by atoms with Crippen LogP contribution in [0.3, 0.4) is 0 Å². The summed E-state index contributed by atoms with van der Waals surface area (Å²) in [6.07, 6.45) is 0. The van der Waals surface area contributed by atoms with Gasteiger partial charge in [0.05, 0.1) is 12.0 Å². The molecule has 0 bridgehead atoms. The number of ether oxygens (including phenoxy) is 2. The Morgan fingerprint density at radius 1 is 0.923 bits per heavy atom. The number of rotatable bonds is 6. The SMILES string of the molecule is COc1cccc(S(=O)(=O)NC(=O)COc2ccc3ccccc3c2)c1. The Morgan fingerprint density at radius 2 is 1.69 bits per heavy atom. The van der Waals surface area contributed by atoms with Gasteiger partial charge in [-0.3, -0.25) is 4.79 Å². The van der Waals surface area contributed by atoms with Gasteiger partial charge in [0.25, 0.3) is 15.9 Å². The number of methoxy groups -OCH3 is 1. The molecule has 0 aliphatic rings. The Kier molecular flexibility index (Phi) is 5.09. The van der Waals surface area contributed by atoms with Gasteiger partial charge in [-0.25, -0.2) is 13.1 Å². The van der Waals surface area contributed by atoms with Crippen LogP contribution in [-0.4, -0.2) is 28.0 Å². The van der Waals surface area contributed by atoms with Gasteiger partial charge in [-0.2, -0.15) is 0 Å². The second-order valence-electron chi connectivity index (χ2n) is 5.51. The van der Waals surface area contributed by atoms with Crippen LogP contribution in [0.15, 0.2) is 71.6 Å². The van der Waals surface area contributed by atoms with Gasteiger partial charge in [0.15, 0.2) is 6.61 Å². The molecule has 3 aromatic rings. The fourth-order valence-electron chi connectivity index (χ4n) is 2.41. The molecule has 134 valence electrons. The zero-order valence-electron chi connectivity index (χ0n) is 14.0. The maximum absolute atomic E-state index is 12.3. The molecule has 3 aromatic carbocycles. The summed E-state index contributed by atoms with van der Waals surface area (Å²) < 4.78 is 36.9. The van der Waals surface area contributed by atoms with Gasteiger partial charge in [-0.1, -0.05) is 36.4 Å². The molecule has 0 heterocycles. The summed E-state index contributed by atoms with van der Waals surface area (Å²) in [5, 5.41) is 2.01. The summed E-state index contributed by atoms with van der Waals surface area (Å²) in [5.74, 6) is 0.103. The van der Waals surface area contributed by atoms with E-state index in [0.717, 1.165) is 10.8 Å². The smallest absolute Gasteiger partial charge is 0.271 e. The standard InChI is InChI=1S/C19H17NO5S/c1-24-16-7-4-8-18(12-16)26(22,23)20-19(21)13-25-17-10-9-14-5-2-3-6-15(14)11-17/h2-12H,13H2,1H3,(H,20,21). The van der Waals surface area contributed by atoms with Crippen LogP contribution in [0.4, 0.5) is 0 Å². The Labute approximate surface area is 151 Å². The minimum absolute atomic E-state index is 0.0593. The molecule has 1 N–H and O–H groups in total. The third-order valence-electron chi connectivity index (χ3n) is 3.69. The maximum atomic E-state index is 12.3. The Hall–Kier alpha value is -3.06. The summed E-state index contributed by atoms with van der Waals surface area (Å²) in [7, 11) is -2.56. The predicted octanol–water partition coefficient (Wildman–Crippen LogP) is 2.73. The summed E-state index contributed by atoms with van der Waals surface area (Å²) in [6, 6.07) is 19.0. The van der Waals surface area contributed by atoms with Crippen molar-refractivity contribution in [2.45, 2.75) is 4.90 Å². The van der Waals surface area contributed by atoms with Crippen molar-refractivity contribution in [2.75, 3.05) is 13.7 Å². The van der Waals surface area contributed by atoms with E-state index in [4.69, 9.17) is 9.47 Å². The fraction of sp³-hybridized carbons (Fsp3) is 0.105. The quantitative estimate of drug-likeness (QED) is 0.720. The Balaban J connectivity index is 1.65. The highest BCUT2D eigenvalue weighted by atomic mass is 32.2. The molecule has 6 nitrogen and oxygen atoms in total. The van der Waals surface area contributed by atoms with E-state index in [2.05, 4.69) is 0 Å². The highest BCUT2D eigenvalue weighted by Gasteiger charge is 2.18. The molecule has 7 heteroatoms. The second-order valence-corrected chi connectivity index (χ2v) is 7.19. The molecular weight excluding hydrogens is 354 g/mol. The molecule has 26 heavy (non-hydrogen) atoms. The van der Waals surface area contributed by atoms with Crippen molar-refractivity contribution in [2.24, 2.45) is 0 Å². The summed E-state index contributed by atoms with van der Waals surface area (Å²) in [6.45, 7) is -0.415. The molecule has 0 aromatic heterocycles. The van der Waals surface area contributed by atoms with Crippen molar-refractivity contribution in [3.05, 3.63) is 66.7 Å². The fourth-order valence-corrected chi connectivity index (χ4v) is 3.42. The Bertz CT molecular complexity index is 1050. The lowest BCUT2D eigenvalue weighted by molar-refractivity contribution is -0.121. The van der Waals surface area contributed by atoms with E-state index < -0.39 is 22.5 Å². The Morgan fingerprint density at radius 3 is 2.46 bits per heavy atom. The average Bonchev–Trinajstić information content (AvgIpc) is 2.66. The van der Waals surface area contributed by atoms with E-state index in [1.807, 2.05) is 35.1 Å². The summed E-state index contributed by atoms with van der Waals surface area (Å²) in [5.41, 5.74) is 0. The van der Waals surface area contributed by atoms with Crippen LogP contribution in [0.25, 0.3) is 10.8 Å². The molecular formula is C19H17NO5S. The van der Waals surface area contributed by atoms with Crippen LogP contribution in [0.5, 0.6) is 11.5 Å². The van der Waals surface area contributed by atoms with Crippen LogP contribution in [0.2, 0.25) is 0 Å². The minimum Gasteiger partial charge on any atom is -0.497 e. The number of hydrogen-bond acceptors (Lipinski definition) is 5. The van der Waals surface area contributed by atoms with Crippen molar-refractivity contribution >= 4 is 26.7 Å². The topological polar surface area (TPSA) is 81.7 Å². The van der Waals surface area contributed by atoms with Crippen LogP contribution in [0.1, 0.15) is 0 Å². The van der Waals surface area contributed by atoms with Crippen molar-refractivity contribution in [3.63, 3.8) is 0 Å². The highest BCUT2D eigenvalue weighted by molar-refractivity contribution is 7.90. The van der Waals surface area contributed by atoms with E-state index in [1.165, 1.54) is 25.3 Å². The monoisotopic (exact) mass is 371 g/mol. The summed E-state index contributed by atoms with van der Waals surface area (Å²) >= 11 is 0. The first-order valence-corrected chi connectivity index (χ1v) is 9.27. The number of sulfonamides is 1. The highest BCUT2D eigenvalue weighted by Crippen LogP contribution is 2.20. The molecule has 0 aliphatic carbocycles. The van der Waals surface area contributed by atoms with Gasteiger partial charge in [0.2, 0.25) is 0 Å². The van der Waals surface area contributed by atoms with Crippen molar-refractivity contribution in [3.8, 4) is 11.5 Å². The van der Waals surface area contributed by atoms with Crippen LogP contribution in [-0.2, 0) is 14.8 Å². The first-order chi connectivity index (χ1) is 12.5. The van der Waals surface area contributed by atoms with E-state index in [0.29, 0.717) is 11.5 Å². The van der Waals surface area contributed by atoms with Crippen LogP contribution < -0.4 is 14.2 Å². The number of hydrogen-bond donors (Lipinski definition) is 1. The van der Waals surface area contributed by atoms with E-state index in [-0.39, 0.29) is 4.90 Å². The van der Waals surface area contributed by atoms with Crippen LogP contribution in [0, 0.1) is 0 Å². The normalized spacial score (nSPS) is 11.1. The number of fused-ring (bicyclic) bond motifs is 1. The molecule has 0 spiro atoms. The zero-order chi connectivity index (χ0) is 18.6. The predicted molar refractivity (Wildman–Crippen MR) is 97.8 cm³/mol. The molecule has 0 saturated carbocycles. The average molecular weight is 371 g/mol. The summed E-state index contributed by atoms with van der Waals surface area (Å²) in [4.78, 5) is 11.9. The zero-order valence-corrected chi connectivity index (χ0v) is 14.8. The third kappa shape index (κ3) is 4.12. The van der Waals surface area contributed by atoms with Gasteiger partial charge in [0, 0.05) is 6.07 Å². The van der Waals surface area contributed by atoms with Crippen molar-refractivity contribution in [1.82, 2.24) is 4.72 Å². The van der Waals surface area contributed by atoms with Gasteiger partial charge in [0.1, 0.15) is 11.5 Å². The molecule has 0 saturated heterocycles. The molecule has 1 amide bonds. The maximum Gasteiger partial charge on any atom is 0.271 e. The van der Waals surface area contributed by atoms with Crippen LogP contribution >= 0.6 is 0 Å². The number of nitrogens with one attached hydrogen (secondary N) is 1. The van der Waals surface area contributed by atoms with Gasteiger partial charge >= 0.3 is 0 Å². The van der Waals surface area contributed by atoms with Gasteiger partial charge in [-0.05, 0) is 35.0 Å². The minimum atomic E-state index is -3.99. The lowest BCUT2D eigenvalue weighted by atomic mass is 10.1. The second kappa shape index (κ2) is 7.45. The molecule has 0 atom stereocenters. The number of amides is 1. The van der Waals surface area contributed by atoms with Gasteiger partial charge < -0.3 is 9.47 Å². The first-order valence-electron chi connectivity index (χ1n) is 7.79. The van der Waals surface area contributed by atoms with E-state index in [1.54, 1.807) is 18.2 Å². The lowest BCUT2D eigenvalue weighted by Gasteiger charge is -2.10. The van der Waals surface area contributed by atoms with Crippen molar-refractivity contribution in [1.29, 1.82) is 0 Å². The molecule has 0 unspecified atom stereocenters. The van der Waals surface area contributed by atoms with Crippen molar-refractivity contribution < 1.29 is 22.7 Å². The lowest BCUT2D eigenvalue weighted by Crippen LogP contribution is -2.34. The molecule has 3 rings (SSSR count). The third-order valence-corrected chi connectivity index (χ3v) is 5.06. The van der Waals surface area contributed by atoms with E-state index >= 15 is 0 Å². The largest absolute Gasteiger partial charge is 0.497 e. The number of carbonyl (C=O) groups excluding carboxylic acids is 1. The van der Waals surface area contributed by atoms with Gasteiger partial charge in [-0.15, -0.1) is 0 Å².